The summed E-state index contributed by atoms with van der Waals surface area (Å²) in [4.78, 5) is 5.07. The van der Waals surface area contributed by atoms with Gasteiger partial charge in [-0.2, -0.15) is 5.10 Å². The van der Waals surface area contributed by atoms with E-state index in [0.717, 1.165) is 21.3 Å². The number of benzene rings is 3. The first-order chi connectivity index (χ1) is 15.2. The van der Waals surface area contributed by atoms with E-state index in [1.165, 1.54) is 17.4 Å². The lowest BCUT2D eigenvalue weighted by atomic mass is 10.2. The van der Waals surface area contributed by atoms with E-state index in [-0.39, 0.29) is 18.3 Å². The number of hydrogen-bond acceptors (Lipinski definition) is 5. The van der Waals surface area contributed by atoms with Crippen molar-refractivity contribution < 1.29 is 13.9 Å². The Bertz CT molecular complexity index is 1360. The average molecular weight is 496 g/mol. The van der Waals surface area contributed by atoms with Crippen LogP contribution in [0.5, 0.6) is 11.5 Å². The molecule has 1 aliphatic rings. The number of aromatic nitrogens is 1. The van der Waals surface area contributed by atoms with Crippen molar-refractivity contribution in [2.75, 3.05) is 6.79 Å². The smallest absolute Gasteiger partial charge is 0.231 e. The summed E-state index contributed by atoms with van der Waals surface area (Å²) in [5.41, 5.74) is 2.90. The fourth-order valence-corrected chi connectivity index (χ4v) is 4.43. The minimum absolute atomic E-state index is 0.215. The summed E-state index contributed by atoms with van der Waals surface area (Å²) in [7, 11) is 0. The van der Waals surface area contributed by atoms with Crippen LogP contribution in [0.2, 0.25) is 0 Å². The maximum absolute atomic E-state index is 14.2. The summed E-state index contributed by atoms with van der Waals surface area (Å²) in [6, 6.07) is 19.9. The molecule has 0 atom stereocenters. The van der Waals surface area contributed by atoms with Crippen LogP contribution >= 0.6 is 27.3 Å². The third-order valence-corrected chi connectivity index (χ3v) is 6.13. The summed E-state index contributed by atoms with van der Waals surface area (Å²) in [6.45, 7) is 0.215. The van der Waals surface area contributed by atoms with E-state index in [1.807, 2.05) is 47.8 Å². The van der Waals surface area contributed by atoms with Gasteiger partial charge in [0.2, 0.25) is 11.6 Å². The fraction of sp³-hybridized carbons (Fsp3) is 0.0435. The van der Waals surface area contributed by atoms with Gasteiger partial charge in [0, 0.05) is 15.4 Å². The Morgan fingerprint density at radius 1 is 1.00 bits per heavy atom. The molecular weight excluding hydrogens is 481 g/mol. The Hall–Kier alpha value is -3.23. The molecule has 0 spiro atoms. The molecule has 154 valence electrons. The van der Waals surface area contributed by atoms with E-state index in [4.69, 9.17) is 9.47 Å². The van der Waals surface area contributed by atoms with Crippen LogP contribution < -0.4 is 14.3 Å². The zero-order valence-electron chi connectivity index (χ0n) is 16.0. The maximum Gasteiger partial charge on any atom is 0.231 e. The molecular formula is C23H15BrFN3O2S. The number of ether oxygens (including phenoxy) is 2. The Balaban J connectivity index is 1.64. The third-order valence-electron chi connectivity index (χ3n) is 4.62. The number of nitrogens with zero attached hydrogens (tertiary/aromatic N) is 3. The monoisotopic (exact) mass is 495 g/mol. The average Bonchev–Trinajstić information content (AvgIpc) is 3.41. The zero-order valence-corrected chi connectivity index (χ0v) is 18.4. The van der Waals surface area contributed by atoms with Crippen LogP contribution in [-0.4, -0.2) is 17.7 Å². The maximum atomic E-state index is 14.2. The number of para-hydroxylation sites is 1. The zero-order chi connectivity index (χ0) is 21.2. The number of hydrogen-bond donors (Lipinski definition) is 0. The SMILES string of the molecule is Fc1ccccc1N=c1scc(-c2ccccc2Br)n1N=Cc1ccc2c(c1)OCO2. The number of halogens is 2. The second kappa shape index (κ2) is 8.49. The molecule has 8 heteroatoms. The summed E-state index contributed by atoms with van der Waals surface area (Å²) in [6.07, 6.45) is 1.72. The van der Waals surface area contributed by atoms with Gasteiger partial charge in [-0.15, -0.1) is 11.3 Å². The van der Waals surface area contributed by atoms with Crippen molar-refractivity contribution in [3.05, 3.63) is 92.8 Å². The van der Waals surface area contributed by atoms with Crippen LogP contribution in [0.15, 0.2) is 86.7 Å². The Labute approximate surface area is 189 Å². The minimum atomic E-state index is -0.385. The molecule has 0 saturated carbocycles. The molecule has 1 aromatic heterocycles. The molecule has 0 N–H and O–H groups in total. The van der Waals surface area contributed by atoms with E-state index in [2.05, 4.69) is 26.0 Å². The second-order valence-electron chi connectivity index (χ2n) is 6.62. The van der Waals surface area contributed by atoms with Crippen LogP contribution in [0, 0.1) is 5.82 Å². The molecule has 4 aromatic rings. The quantitative estimate of drug-likeness (QED) is 0.328. The summed E-state index contributed by atoms with van der Waals surface area (Å²) < 4.78 is 27.7. The Morgan fingerprint density at radius 2 is 1.81 bits per heavy atom. The van der Waals surface area contributed by atoms with E-state index in [0.29, 0.717) is 16.3 Å². The van der Waals surface area contributed by atoms with Gasteiger partial charge in [-0.05, 0) is 42.0 Å². The van der Waals surface area contributed by atoms with E-state index >= 15 is 0 Å². The number of fused-ring (bicyclic) bond motifs is 1. The van der Waals surface area contributed by atoms with Crippen LogP contribution in [-0.2, 0) is 0 Å². The van der Waals surface area contributed by atoms with Crippen molar-refractivity contribution in [1.29, 1.82) is 0 Å². The van der Waals surface area contributed by atoms with Crippen molar-refractivity contribution in [2.24, 2.45) is 10.1 Å². The molecule has 5 nitrogen and oxygen atoms in total. The first-order valence-electron chi connectivity index (χ1n) is 9.38. The molecule has 2 heterocycles. The van der Waals surface area contributed by atoms with Gasteiger partial charge in [0.05, 0.1) is 11.9 Å². The normalized spacial score (nSPS) is 13.3. The van der Waals surface area contributed by atoms with Gasteiger partial charge in [-0.3, -0.25) is 0 Å². The van der Waals surface area contributed by atoms with Gasteiger partial charge in [0.25, 0.3) is 0 Å². The fourth-order valence-electron chi connectivity index (χ4n) is 3.11. The van der Waals surface area contributed by atoms with E-state index in [9.17, 15) is 4.39 Å². The van der Waals surface area contributed by atoms with Crippen molar-refractivity contribution in [3.8, 4) is 22.8 Å². The van der Waals surface area contributed by atoms with Crippen molar-refractivity contribution in [3.63, 3.8) is 0 Å². The second-order valence-corrected chi connectivity index (χ2v) is 8.31. The van der Waals surface area contributed by atoms with Crippen molar-refractivity contribution >= 4 is 39.2 Å². The third kappa shape index (κ3) is 4.04. The molecule has 31 heavy (non-hydrogen) atoms. The van der Waals surface area contributed by atoms with Gasteiger partial charge in [-0.1, -0.05) is 46.3 Å². The summed E-state index contributed by atoms with van der Waals surface area (Å²) >= 11 is 4.99. The molecule has 0 saturated heterocycles. The van der Waals surface area contributed by atoms with Crippen LogP contribution in [0.1, 0.15) is 5.56 Å². The van der Waals surface area contributed by atoms with Crippen molar-refractivity contribution in [1.82, 2.24) is 4.68 Å². The molecule has 0 fully saturated rings. The molecule has 3 aromatic carbocycles. The molecule has 5 rings (SSSR count). The topological polar surface area (TPSA) is 48.1 Å². The van der Waals surface area contributed by atoms with Crippen molar-refractivity contribution in [2.45, 2.75) is 0 Å². The minimum Gasteiger partial charge on any atom is -0.454 e. The number of thiazole rings is 1. The molecule has 0 radical (unpaired) electrons. The molecule has 0 bridgehead atoms. The highest BCUT2D eigenvalue weighted by molar-refractivity contribution is 9.10. The first-order valence-corrected chi connectivity index (χ1v) is 11.0. The lowest BCUT2D eigenvalue weighted by Gasteiger charge is -2.06. The highest BCUT2D eigenvalue weighted by atomic mass is 79.9. The van der Waals surface area contributed by atoms with E-state index in [1.54, 1.807) is 29.1 Å². The number of rotatable bonds is 4. The largest absolute Gasteiger partial charge is 0.454 e. The van der Waals surface area contributed by atoms with Gasteiger partial charge < -0.3 is 9.47 Å². The van der Waals surface area contributed by atoms with Crippen LogP contribution in [0.3, 0.4) is 0 Å². The van der Waals surface area contributed by atoms with Gasteiger partial charge in [0.15, 0.2) is 11.5 Å². The molecule has 0 amide bonds. The van der Waals surface area contributed by atoms with Gasteiger partial charge in [0.1, 0.15) is 11.5 Å². The predicted molar refractivity (Wildman–Crippen MR) is 123 cm³/mol. The lowest BCUT2D eigenvalue weighted by molar-refractivity contribution is 0.174. The van der Waals surface area contributed by atoms with Gasteiger partial charge in [-0.25, -0.2) is 14.1 Å². The van der Waals surface area contributed by atoms with Gasteiger partial charge >= 0.3 is 0 Å². The van der Waals surface area contributed by atoms with Crippen LogP contribution in [0.4, 0.5) is 10.1 Å². The first kappa shape index (κ1) is 19.7. The molecule has 0 aliphatic carbocycles. The Kier molecular flexibility index (Phi) is 5.40. The summed E-state index contributed by atoms with van der Waals surface area (Å²) in [5, 5.41) is 6.63. The summed E-state index contributed by atoms with van der Waals surface area (Å²) in [5.74, 6) is 1.01. The molecule has 1 aliphatic heterocycles. The highest BCUT2D eigenvalue weighted by Gasteiger charge is 2.14. The Morgan fingerprint density at radius 3 is 2.68 bits per heavy atom. The lowest BCUT2D eigenvalue weighted by Crippen LogP contribution is -2.11. The molecule has 0 unspecified atom stereocenters. The van der Waals surface area contributed by atoms with Crippen LogP contribution in [0.25, 0.3) is 11.3 Å². The highest BCUT2D eigenvalue weighted by Crippen LogP contribution is 2.32. The predicted octanol–water partition coefficient (Wildman–Crippen LogP) is 5.96. The standard InChI is InChI=1S/C23H15BrFN3O2S/c24-17-6-2-1-5-16(17)20-13-31-23(27-19-8-4-3-7-18(19)25)28(20)26-12-15-9-10-21-22(11-15)30-14-29-21/h1-13H,14H2. The van der Waals surface area contributed by atoms with E-state index < -0.39 is 0 Å².